The summed E-state index contributed by atoms with van der Waals surface area (Å²) in [5.74, 6) is 5.71. The molecule has 2 atom stereocenters. The number of nitrogens with zero attached hydrogens (tertiary/aromatic N) is 2. The lowest BCUT2D eigenvalue weighted by atomic mass is 9.78. The standard InChI is InChI=1S/C16H24N4O/c17-19-16(21)14-8-3-7-13(18-14)11-20-10-4-6-12-5-1-2-9-15(12)20/h3,7-8,12,15H,1-2,4-6,9-11,17H2,(H,19,21). The Bertz CT molecular complexity index is 503. The molecule has 5 heteroatoms. The van der Waals surface area contributed by atoms with Crippen molar-refractivity contribution in [3.05, 3.63) is 29.6 Å². The lowest BCUT2D eigenvalue weighted by Crippen LogP contribution is -2.46. The highest BCUT2D eigenvalue weighted by atomic mass is 16.2. The summed E-state index contributed by atoms with van der Waals surface area (Å²) in [6, 6.07) is 6.29. The molecular weight excluding hydrogens is 264 g/mol. The summed E-state index contributed by atoms with van der Waals surface area (Å²) in [7, 11) is 0. The number of rotatable bonds is 3. The first-order chi connectivity index (χ1) is 10.3. The number of nitrogens with two attached hydrogens (primary N) is 1. The van der Waals surface area contributed by atoms with E-state index in [0.717, 1.165) is 24.7 Å². The number of nitrogen functional groups attached to an aromatic ring is 1. The van der Waals surface area contributed by atoms with Crippen LogP contribution in [0.25, 0.3) is 0 Å². The third-order valence-electron chi connectivity index (χ3n) is 4.89. The molecule has 1 aliphatic heterocycles. The number of likely N-dealkylation sites (tertiary alicyclic amines) is 1. The van der Waals surface area contributed by atoms with Gasteiger partial charge in [0.15, 0.2) is 0 Å². The first-order valence-electron chi connectivity index (χ1n) is 7.99. The third-order valence-corrected chi connectivity index (χ3v) is 4.89. The molecule has 1 aromatic heterocycles. The van der Waals surface area contributed by atoms with E-state index in [1.807, 2.05) is 12.1 Å². The van der Waals surface area contributed by atoms with Crippen LogP contribution < -0.4 is 11.3 Å². The SMILES string of the molecule is NNC(=O)c1cccc(CN2CCCC3CCCCC32)n1. The zero-order chi connectivity index (χ0) is 14.7. The highest BCUT2D eigenvalue weighted by molar-refractivity contribution is 5.91. The molecule has 3 rings (SSSR count). The maximum atomic E-state index is 11.6. The maximum absolute atomic E-state index is 11.6. The summed E-state index contributed by atoms with van der Waals surface area (Å²) in [6.07, 6.45) is 8.09. The highest BCUT2D eigenvalue weighted by Crippen LogP contribution is 2.35. The van der Waals surface area contributed by atoms with E-state index in [0.29, 0.717) is 11.7 Å². The predicted octanol–water partition coefficient (Wildman–Crippen LogP) is 1.84. The van der Waals surface area contributed by atoms with Gasteiger partial charge in [-0.25, -0.2) is 10.8 Å². The van der Waals surface area contributed by atoms with Gasteiger partial charge in [-0.2, -0.15) is 0 Å². The fourth-order valence-corrected chi connectivity index (χ4v) is 3.90. The van der Waals surface area contributed by atoms with Gasteiger partial charge in [0.1, 0.15) is 5.69 Å². The molecule has 0 spiro atoms. The Kier molecular flexibility index (Phi) is 4.51. The number of nitrogens with one attached hydrogen (secondary N) is 1. The van der Waals surface area contributed by atoms with Gasteiger partial charge in [-0.15, -0.1) is 0 Å². The first-order valence-corrected chi connectivity index (χ1v) is 7.99. The van der Waals surface area contributed by atoms with Gasteiger partial charge < -0.3 is 0 Å². The normalized spacial score (nSPS) is 26.1. The Morgan fingerprint density at radius 1 is 1.29 bits per heavy atom. The molecule has 114 valence electrons. The summed E-state index contributed by atoms with van der Waals surface area (Å²) in [6.45, 7) is 1.99. The van der Waals surface area contributed by atoms with Crippen molar-refractivity contribution in [2.75, 3.05) is 6.54 Å². The number of hydrogen-bond acceptors (Lipinski definition) is 4. The van der Waals surface area contributed by atoms with Crippen LogP contribution in [0.2, 0.25) is 0 Å². The molecule has 3 N–H and O–H groups in total. The van der Waals surface area contributed by atoms with Gasteiger partial charge in [0.25, 0.3) is 5.91 Å². The Labute approximate surface area is 125 Å². The molecule has 0 radical (unpaired) electrons. The number of hydrazine groups is 1. The monoisotopic (exact) mass is 288 g/mol. The minimum absolute atomic E-state index is 0.328. The first kappa shape index (κ1) is 14.5. The number of carbonyl (C=O) groups is 1. The second-order valence-corrected chi connectivity index (χ2v) is 6.21. The number of aromatic nitrogens is 1. The molecule has 1 aromatic rings. The molecule has 0 bridgehead atoms. The van der Waals surface area contributed by atoms with Gasteiger partial charge in [0.05, 0.1) is 5.69 Å². The average molecular weight is 288 g/mol. The van der Waals surface area contributed by atoms with Crippen LogP contribution in [-0.4, -0.2) is 28.4 Å². The molecule has 0 aromatic carbocycles. The molecule has 2 unspecified atom stereocenters. The fraction of sp³-hybridized carbons (Fsp3) is 0.625. The van der Waals surface area contributed by atoms with Crippen molar-refractivity contribution in [2.45, 2.75) is 51.1 Å². The van der Waals surface area contributed by atoms with Crippen LogP contribution in [0.15, 0.2) is 18.2 Å². The number of fused-ring (bicyclic) bond motifs is 1. The van der Waals surface area contributed by atoms with Crippen molar-refractivity contribution >= 4 is 5.91 Å². The topological polar surface area (TPSA) is 71.2 Å². The van der Waals surface area contributed by atoms with E-state index in [4.69, 9.17) is 5.84 Å². The zero-order valence-electron chi connectivity index (χ0n) is 12.4. The van der Waals surface area contributed by atoms with Crippen LogP contribution in [0.3, 0.4) is 0 Å². The molecule has 1 amide bonds. The van der Waals surface area contributed by atoms with Crippen LogP contribution in [0.5, 0.6) is 0 Å². The van der Waals surface area contributed by atoms with Gasteiger partial charge in [0, 0.05) is 12.6 Å². The van der Waals surface area contributed by atoms with Crippen molar-refractivity contribution < 1.29 is 4.79 Å². The zero-order valence-corrected chi connectivity index (χ0v) is 12.4. The van der Waals surface area contributed by atoms with E-state index in [9.17, 15) is 4.79 Å². The van der Waals surface area contributed by atoms with Crippen LogP contribution in [0.1, 0.15) is 54.7 Å². The molecule has 1 aliphatic carbocycles. The van der Waals surface area contributed by atoms with Gasteiger partial charge in [-0.1, -0.05) is 18.9 Å². The van der Waals surface area contributed by atoms with Crippen LogP contribution >= 0.6 is 0 Å². The van der Waals surface area contributed by atoms with Crippen molar-refractivity contribution in [3.8, 4) is 0 Å². The number of hydrogen-bond donors (Lipinski definition) is 2. The second-order valence-electron chi connectivity index (χ2n) is 6.21. The Morgan fingerprint density at radius 3 is 2.95 bits per heavy atom. The molecule has 5 nitrogen and oxygen atoms in total. The van der Waals surface area contributed by atoms with Crippen LogP contribution in [0, 0.1) is 5.92 Å². The summed E-state index contributed by atoms with van der Waals surface area (Å²) in [5, 5.41) is 0. The van der Waals surface area contributed by atoms with E-state index in [2.05, 4.69) is 15.3 Å². The molecule has 1 saturated heterocycles. The highest BCUT2D eigenvalue weighted by Gasteiger charge is 2.33. The van der Waals surface area contributed by atoms with E-state index >= 15 is 0 Å². The van der Waals surface area contributed by atoms with E-state index < -0.39 is 0 Å². The molecule has 2 aliphatic rings. The number of amides is 1. The quantitative estimate of drug-likeness (QED) is 0.506. The Hall–Kier alpha value is -1.46. The summed E-state index contributed by atoms with van der Waals surface area (Å²) >= 11 is 0. The molecular formula is C16H24N4O. The van der Waals surface area contributed by atoms with E-state index in [-0.39, 0.29) is 5.91 Å². The molecule has 2 fully saturated rings. The fourth-order valence-electron chi connectivity index (χ4n) is 3.90. The maximum Gasteiger partial charge on any atom is 0.283 e. The largest absolute Gasteiger partial charge is 0.294 e. The summed E-state index contributed by atoms with van der Waals surface area (Å²) in [4.78, 5) is 18.6. The minimum Gasteiger partial charge on any atom is -0.294 e. The predicted molar refractivity (Wildman–Crippen MR) is 81.3 cm³/mol. The molecule has 1 saturated carbocycles. The number of carbonyl (C=O) groups excluding carboxylic acids is 1. The summed E-state index contributed by atoms with van der Waals surface area (Å²) in [5.41, 5.74) is 3.50. The van der Waals surface area contributed by atoms with Crippen molar-refractivity contribution in [1.82, 2.24) is 15.3 Å². The summed E-state index contributed by atoms with van der Waals surface area (Å²) < 4.78 is 0. The van der Waals surface area contributed by atoms with Gasteiger partial charge in [-0.3, -0.25) is 15.1 Å². The lowest BCUT2D eigenvalue weighted by molar-refractivity contribution is 0.0536. The minimum atomic E-state index is -0.328. The van der Waals surface area contributed by atoms with Gasteiger partial charge in [0.2, 0.25) is 0 Å². The van der Waals surface area contributed by atoms with Crippen molar-refractivity contribution in [3.63, 3.8) is 0 Å². The van der Waals surface area contributed by atoms with Gasteiger partial charge in [-0.05, 0) is 50.3 Å². The molecule has 2 heterocycles. The van der Waals surface area contributed by atoms with Crippen LogP contribution in [0.4, 0.5) is 0 Å². The van der Waals surface area contributed by atoms with Gasteiger partial charge >= 0.3 is 0 Å². The second kappa shape index (κ2) is 6.54. The van der Waals surface area contributed by atoms with Crippen LogP contribution in [-0.2, 0) is 6.54 Å². The van der Waals surface area contributed by atoms with Crippen molar-refractivity contribution in [1.29, 1.82) is 0 Å². The Morgan fingerprint density at radius 2 is 2.10 bits per heavy atom. The lowest BCUT2D eigenvalue weighted by Gasteiger charge is -2.44. The smallest absolute Gasteiger partial charge is 0.283 e. The third kappa shape index (κ3) is 3.24. The van der Waals surface area contributed by atoms with Crippen molar-refractivity contribution in [2.24, 2.45) is 11.8 Å². The Balaban J connectivity index is 1.71. The van der Waals surface area contributed by atoms with E-state index in [1.165, 1.54) is 38.5 Å². The average Bonchev–Trinajstić information content (AvgIpc) is 2.55. The molecule has 21 heavy (non-hydrogen) atoms. The number of pyridine rings is 1. The van der Waals surface area contributed by atoms with E-state index in [1.54, 1.807) is 6.07 Å². The number of piperidine rings is 1.